The Labute approximate surface area is 155 Å². The first-order chi connectivity index (χ1) is 12.4. The van der Waals surface area contributed by atoms with Gasteiger partial charge in [0.15, 0.2) is 5.78 Å². The number of hydrogen-bond donors (Lipinski definition) is 2. The number of carboxylic acids is 1. The minimum absolute atomic E-state index is 0.00707. The van der Waals surface area contributed by atoms with Crippen molar-refractivity contribution in [1.29, 1.82) is 0 Å². The number of nitrogens with one attached hydrogen (secondary N) is 1. The molecule has 2 rings (SSSR count). The first kappa shape index (κ1) is 19.5. The summed E-state index contributed by atoms with van der Waals surface area (Å²) in [5.41, 5.74) is 1.16. The van der Waals surface area contributed by atoms with Crippen molar-refractivity contribution in [3.05, 3.63) is 64.2 Å². The van der Waals surface area contributed by atoms with E-state index in [9.17, 15) is 14.4 Å². The lowest BCUT2D eigenvalue weighted by molar-refractivity contribution is -0.121. The Balaban J connectivity index is 1.89. The fraction of sp³-hybridized carbons (Fsp3) is 0.211. The van der Waals surface area contributed by atoms with E-state index < -0.39 is 5.97 Å². The highest BCUT2D eigenvalue weighted by Gasteiger charge is 2.14. The summed E-state index contributed by atoms with van der Waals surface area (Å²) in [5.74, 6) is -1.17. The number of carboxylic acid groups (broad SMARTS) is 1. The van der Waals surface area contributed by atoms with E-state index in [1.54, 1.807) is 24.3 Å². The molecule has 0 spiro atoms. The molecule has 2 aromatic carbocycles. The van der Waals surface area contributed by atoms with Gasteiger partial charge in [0.2, 0.25) is 5.91 Å². The molecule has 2 N–H and O–H groups in total. The minimum Gasteiger partial charge on any atom is -0.496 e. The largest absolute Gasteiger partial charge is 0.496 e. The molecule has 0 aliphatic rings. The molecule has 0 heterocycles. The third-order valence-corrected chi connectivity index (χ3v) is 3.94. The summed E-state index contributed by atoms with van der Waals surface area (Å²) in [6, 6.07) is 11.0. The van der Waals surface area contributed by atoms with Crippen LogP contribution < -0.4 is 10.1 Å². The number of ether oxygens (including phenoxy) is 1. The Morgan fingerprint density at radius 2 is 1.88 bits per heavy atom. The van der Waals surface area contributed by atoms with Crippen LogP contribution in [0.15, 0.2) is 42.5 Å². The second-order valence-corrected chi connectivity index (χ2v) is 5.99. The van der Waals surface area contributed by atoms with Gasteiger partial charge in [-0.15, -0.1) is 0 Å². The standard InChI is InChI=1S/C19H18ClNO5/c1-26-17-7-5-14(20)10-15(17)16(22)6-8-18(23)21-11-12-3-2-4-13(9-12)19(24)25/h2-5,7,9-10H,6,8,11H2,1H3,(H,21,23)(H,24,25). The van der Waals surface area contributed by atoms with Gasteiger partial charge >= 0.3 is 5.97 Å². The third-order valence-electron chi connectivity index (χ3n) is 3.70. The molecule has 136 valence electrons. The molecular weight excluding hydrogens is 358 g/mol. The van der Waals surface area contributed by atoms with Crippen molar-refractivity contribution in [2.75, 3.05) is 7.11 Å². The van der Waals surface area contributed by atoms with Crippen molar-refractivity contribution < 1.29 is 24.2 Å². The number of amides is 1. The maximum atomic E-state index is 12.3. The first-order valence-corrected chi connectivity index (χ1v) is 8.24. The average molecular weight is 376 g/mol. The van der Waals surface area contributed by atoms with Gasteiger partial charge < -0.3 is 15.2 Å². The normalized spacial score (nSPS) is 10.2. The van der Waals surface area contributed by atoms with Gasteiger partial charge in [-0.05, 0) is 35.9 Å². The van der Waals surface area contributed by atoms with Gasteiger partial charge in [0.25, 0.3) is 0 Å². The van der Waals surface area contributed by atoms with Crippen molar-refractivity contribution >= 4 is 29.3 Å². The second kappa shape index (κ2) is 9.01. The van der Waals surface area contributed by atoms with E-state index in [2.05, 4.69) is 5.32 Å². The van der Waals surface area contributed by atoms with Gasteiger partial charge in [-0.2, -0.15) is 0 Å². The smallest absolute Gasteiger partial charge is 0.335 e. The van der Waals surface area contributed by atoms with Crippen LogP contribution in [0.3, 0.4) is 0 Å². The molecule has 1 amide bonds. The maximum absolute atomic E-state index is 12.3. The van der Waals surface area contributed by atoms with Gasteiger partial charge in [-0.1, -0.05) is 23.7 Å². The van der Waals surface area contributed by atoms with Crippen LogP contribution in [0.2, 0.25) is 5.02 Å². The van der Waals surface area contributed by atoms with Crippen LogP contribution >= 0.6 is 11.6 Å². The van der Waals surface area contributed by atoms with Crippen LogP contribution in [-0.4, -0.2) is 29.9 Å². The molecule has 26 heavy (non-hydrogen) atoms. The summed E-state index contributed by atoms with van der Waals surface area (Å²) in [6.07, 6.45) is 0.0187. The number of Topliss-reactive ketones (excluding diaryl/α,β-unsaturated/α-hetero) is 1. The molecule has 0 saturated heterocycles. The number of halogens is 1. The number of benzene rings is 2. The van der Waals surface area contributed by atoms with Crippen molar-refractivity contribution in [3.8, 4) is 5.75 Å². The van der Waals surface area contributed by atoms with Crippen molar-refractivity contribution in [3.63, 3.8) is 0 Å². The van der Waals surface area contributed by atoms with Crippen LogP contribution in [-0.2, 0) is 11.3 Å². The first-order valence-electron chi connectivity index (χ1n) is 7.86. The SMILES string of the molecule is COc1ccc(Cl)cc1C(=O)CCC(=O)NCc1cccc(C(=O)O)c1. The highest BCUT2D eigenvalue weighted by molar-refractivity contribution is 6.31. The molecule has 0 aliphatic carbocycles. The summed E-state index contributed by atoms with van der Waals surface area (Å²) in [5, 5.41) is 12.0. The quantitative estimate of drug-likeness (QED) is 0.690. The van der Waals surface area contributed by atoms with Gasteiger partial charge in [-0.3, -0.25) is 9.59 Å². The number of rotatable bonds is 8. The summed E-state index contributed by atoms with van der Waals surface area (Å²) in [7, 11) is 1.46. The Bertz CT molecular complexity index is 834. The molecule has 0 saturated carbocycles. The fourth-order valence-electron chi connectivity index (χ4n) is 2.36. The number of carbonyl (C=O) groups is 3. The van der Waals surface area contributed by atoms with Gasteiger partial charge in [0.05, 0.1) is 18.2 Å². The Morgan fingerprint density at radius 1 is 1.12 bits per heavy atom. The molecule has 0 atom stereocenters. The molecule has 7 heteroatoms. The van der Waals surface area contributed by atoms with E-state index in [-0.39, 0.29) is 36.6 Å². The van der Waals surface area contributed by atoms with E-state index in [0.29, 0.717) is 21.9 Å². The van der Waals surface area contributed by atoms with E-state index in [1.807, 2.05) is 0 Å². The Hall–Kier alpha value is -2.86. The van der Waals surface area contributed by atoms with Crippen molar-refractivity contribution in [1.82, 2.24) is 5.32 Å². The van der Waals surface area contributed by atoms with E-state index in [0.717, 1.165) is 0 Å². The summed E-state index contributed by atoms with van der Waals surface area (Å²) in [6.45, 7) is 0.189. The van der Waals surface area contributed by atoms with E-state index in [4.69, 9.17) is 21.4 Å². The van der Waals surface area contributed by atoms with Crippen LogP contribution in [0.1, 0.15) is 39.1 Å². The topological polar surface area (TPSA) is 92.7 Å². The van der Waals surface area contributed by atoms with Gasteiger partial charge in [0, 0.05) is 24.4 Å². The summed E-state index contributed by atoms with van der Waals surface area (Å²) in [4.78, 5) is 35.2. The highest BCUT2D eigenvalue weighted by Crippen LogP contribution is 2.24. The number of hydrogen-bond acceptors (Lipinski definition) is 4. The predicted octanol–water partition coefficient (Wildman–Crippen LogP) is 3.33. The molecule has 0 aliphatic heterocycles. The number of ketones is 1. The lowest BCUT2D eigenvalue weighted by atomic mass is 10.1. The number of carbonyl (C=O) groups excluding carboxylic acids is 2. The zero-order valence-electron chi connectivity index (χ0n) is 14.1. The highest BCUT2D eigenvalue weighted by atomic mass is 35.5. The molecule has 0 radical (unpaired) electrons. The van der Waals surface area contributed by atoms with Crippen LogP contribution in [0.5, 0.6) is 5.75 Å². The van der Waals surface area contributed by atoms with Crippen LogP contribution in [0.4, 0.5) is 0 Å². The zero-order chi connectivity index (χ0) is 19.1. The van der Waals surface area contributed by atoms with Crippen LogP contribution in [0, 0.1) is 0 Å². The van der Waals surface area contributed by atoms with E-state index >= 15 is 0 Å². The molecular formula is C19H18ClNO5. The monoisotopic (exact) mass is 375 g/mol. The van der Waals surface area contributed by atoms with Crippen molar-refractivity contribution in [2.45, 2.75) is 19.4 Å². The van der Waals surface area contributed by atoms with Gasteiger partial charge in [-0.25, -0.2) is 4.79 Å². The third kappa shape index (κ3) is 5.32. The predicted molar refractivity (Wildman–Crippen MR) is 96.8 cm³/mol. The number of aromatic carboxylic acids is 1. The lowest BCUT2D eigenvalue weighted by Crippen LogP contribution is -2.23. The fourth-order valence-corrected chi connectivity index (χ4v) is 2.54. The zero-order valence-corrected chi connectivity index (χ0v) is 14.9. The van der Waals surface area contributed by atoms with Crippen molar-refractivity contribution in [2.24, 2.45) is 0 Å². The van der Waals surface area contributed by atoms with Crippen LogP contribution in [0.25, 0.3) is 0 Å². The molecule has 0 bridgehead atoms. The second-order valence-electron chi connectivity index (χ2n) is 5.55. The maximum Gasteiger partial charge on any atom is 0.335 e. The molecule has 0 fully saturated rings. The average Bonchev–Trinajstić information content (AvgIpc) is 2.64. The lowest BCUT2D eigenvalue weighted by Gasteiger charge is -2.09. The molecule has 0 aromatic heterocycles. The minimum atomic E-state index is -1.03. The Morgan fingerprint density at radius 3 is 2.58 bits per heavy atom. The molecule has 0 unspecified atom stereocenters. The van der Waals surface area contributed by atoms with Gasteiger partial charge in [0.1, 0.15) is 5.75 Å². The number of methoxy groups -OCH3 is 1. The van der Waals surface area contributed by atoms with E-state index in [1.165, 1.54) is 25.3 Å². The summed E-state index contributed by atoms with van der Waals surface area (Å²) < 4.78 is 5.14. The summed E-state index contributed by atoms with van der Waals surface area (Å²) >= 11 is 5.90. The molecule has 2 aromatic rings. The Kier molecular flexibility index (Phi) is 6.74. The molecule has 6 nitrogen and oxygen atoms in total.